The van der Waals surface area contributed by atoms with Crippen molar-refractivity contribution in [1.82, 2.24) is 4.90 Å². The van der Waals surface area contributed by atoms with E-state index >= 15 is 0 Å². The molecule has 1 aliphatic carbocycles. The van der Waals surface area contributed by atoms with Crippen molar-refractivity contribution >= 4 is 23.6 Å². The molecule has 7 heteroatoms. The highest BCUT2D eigenvalue weighted by molar-refractivity contribution is 6.09. The van der Waals surface area contributed by atoms with Crippen LogP contribution >= 0.6 is 0 Å². The zero-order valence-corrected chi connectivity index (χ0v) is 15.5. The van der Waals surface area contributed by atoms with E-state index in [9.17, 15) is 19.5 Å². The summed E-state index contributed by atoms with van der Waals surface area (Å²) in [4.78, 5) is 39.2. The Balaban J connectivity index is 1.65. The lowest BCUT2D eigenvalue weighted by atomic mass is 9.98. The molecule has 0 bridgehead atoms. The lowest BCUT2D eigenvalue weighted by Gasteiger charge is -2.26. The number of carboxylic acid groups (broad SMARTS) is 1. The van der Waals surface area contributed by atoms with Gasteiger partial charge >= 0.3 is 6.09 Å². The second-order valence-electron chi connectivity index (χ2n) is 7.10. The van der Waals surface area contributed by atoms with E-state index in [0.717, 1.165) is 10.5 Å². The zero-order valence-electron chi connectivity index (χ0n) is 15.5. The van der Waals surface area contributed by atoms with Gasteiger partial charge in [-0.3, -0.25) is 14.5 Å². The molecule has 4 rings (SSSR count). The number of hydrogen-bond acceptors (Lipinski definition) is 4. The Bertz CT molecular complexity index is 947. The maximum atomic E-state index is 12.7. The molecular weight excluding hydrogens is 360 g/mol. The smallest absolute Gasteiger partial charge is 0.414 e. The second kappa shape index (κ2) is 6.67. The summed E-state index contributed by atoms with van der Waals surface area (Å²) in [5.74, 6) is -0.977. The van der Waals surface area contributed by atoms with Crippen LogP contribution in [0.15, 0.2) is 65.5 Å². The topological polar surface area (TPSA) is 87.2 Å². The number of amides is 3. The number of rotatable bonds is 3. The molecule has 3 aliphatic rings. The highest BCUT2D eigenvalue weighted by Crippen LogP contribution is 2.39. The number of anilines is 1. The quantitative estimate of drug-likeness (QED) is 0.495. The third kappa shape index (κ3) is 2.62. The summed E-state index contributed by atoms with van der Waals surface area (Å²) in [7, 11) is 0. The van der Waals surface area contributed by atoms with E-state index in [-0.39, 0.29) is 11.8 Å². The molecule has 3 amide bonds. The molecule has 1 saturated heterocycles. The second-order valence-corrected chi connectivity index (χ2v) is 7.10. The van der Waals surface area contributed by atoms with Crippen molar-refractivity contribution in [2.24, 2.45) is 5.92 Å². The lowest BCUT2D eigenvalue weighted by Crippen LogP contribution is -2.37. The minimum absolute atomic E-state index is 0.155. The first-order chi connectivity index (χ1) is 13.4. The third-order valence-corrected chi connectivity index (χ3v) is 5.60. The van der Waals surface area contributed by atoms with Gasteiger partial charge in [0.1, 0.15) is 0 Å². The Kier molecular flexibility index (Phi) is 4.30. The van der Waals surface area contributed by atoms with E-state index in [2.05, 4.69) is 0 Å². The van der Waals surface area contributed by atoms with Gasteiger partial charge in [0.15, 0.2) is 0 Å². The van der Waals surface area contributed by atoms with E-state index in [1.165, 1.54) is 6.26 Å². The molecule has 1 aromatic carbocycles. The van der Waals surface area contributed by atoms with E-state index in [0.29, 0.717) is 23.3 Å². The first-order valence-corrected chi connectivity index (χ1v) is 9.06. The Labute approximate surface area is 162 Å². The van der Waals surface area contributed by atoms with Gasteiger partial charge < -0.3 is 9.84 Å². The number of carbonyl (C=O) groups is 3. The van der Waals surface area contributed by atoms with Crippen LogP contribution in [0.4, 0.5) is 10.5 Å². The van der Waals surface area contributed by atoms with Crippen LogP contribution < -0.4 is 4.90 Å². The summed E-state index contributed by atoms with van der Waals surface area (Å²) in [6, 6.07) is 8.67. The van der Waals surface area contributed by atoms with Gasteiger partial charge in [-0.2, -0.15) is 0 Å². The minimum Gasteiger partial charge on any atom is -0.473 e. The number of allylic oxidation sites excluding steroid dienone is 1. The van der Waals surface area contributed by atoms with Gasteiger partial charge in [-0.25, -0.2) is 9.69 Å². The maximum absolute atomic E-state index is 12.7. The van der Waals surface area contributed by atoms with Crippen molar-refractivity contribution in [3.63, 3.8) is 0 Å². The molecule has 7 nitrogen and oxygen atoms in total. The molecule has 0 radical (unpaired) electrons. The van der Waals surface area contributed by atoms with E-state index in [1.54, 1.807) is 17.9 Å². The number of para-hydroxylation sites is 1. The molecular formula is C21H20N2O5. The lowest BCUT2D eigenvalue weighted by molar-refractivity contribution is -0.123. The van der Waals surface area contributed by atoms with Gasteiger partial charge in [-0.1, -0.05) is 30.4 Å². The predicted octanol–water partition coefficient (Wildman–Crippen LogP) is 3.06. The van der Waals surface area contributed by atoms with Crippen LogP contribution in [0.25, 0.3) is 0 Å². The maximum Gasteiger partial charge on any atom is 0.414 e. The largest absolute Gasteiger partial charge is 0.473 e. The van der Waals surface area contributed by atoms with Crippen LogP contribution in [0.1, 0.15) is 20.3 Å². The molecule has 3 atom stereocenters. The average molecular weight is 380 g/mol. The average Bonchev–Trinajstić information content (AvgIpc) is 3.29. The Morgan fingerprint density at radius 1 is 1.18 bits per heavy atom. The fourth-order valence-corrected chi connectivity index (χ4v) is 3.98. The summed E-state index contributed by atoms with van der Waals surface area (Å²) in [5, 5.41) is 9.37. The van der Waals surface area contributed by atoms with E-state index in [4.69, 9.17) is 4.74 Å². The van der Waals surface area contributed by atoms with Crippen molar-refractivity contribution in [2.75, 3.05) is 4.90 Å². The highest BCUT2D eigenvalue weighted by atomic mass is 16.5. The third-order valence-electron chi connectivity index (χ3n) is 5.60. The van der Waals surface area contributed by atoms with Crippen LogP contribution in [-0.4, -0.2) is 40.2 Å². The molecule has 2 aliphatic heterocycles. The molecule has 144 valence electrons. The van der Waals surface area contributed by atoms with Gasteiger partial charge in [0.25, 0.3) is 11.8 Å². The SMILES string of the molecule is CC1=C(C)C(O/C=C2/C(=O)N(C(=O)O)C3C=CCC23)N(c2ccccc2)C1=O. The van der Waals surface area contributed by atoms with Crippen LogP contribution in [0.3, 0.4) is 0 Å². The van der Waals surface area contributed by atoms with Crippen molar-refractivity contribution in [3.8, 4) is 0 Å². The molecule has 0 spiro atoms. The Morgan fingerprint density at radius 2 is 1.89 bits per heavy atom. The van der Waals surface area contributed by atoms with Crippen LogP contribution in [0.5, 0.6) is 0 Å². The number of ether oxygens (including phenoxy) is 1. The number of hydrogen-bond donors (Lipinski definition) is 1. The van der Waals surface area contributed by atoms with Gasteiger partial charge in [0.2, 0.25) is 6.23 Å². The predicted molar refractivity (Wildman–Crippen MR) is 101 cm³/mol. The summed E-state index contributed by atoms with van der Waals surface area (Å²) in [6.07, 6.45) is 3.57. The van der Waals surface area contributed by atoms with Gasteiger partial charge in [-0.15, -0.1) is 0 Å². The number of imide groups is 1. The van der Waals surface area contributed by atoms with Crippen molar-refractivity contribution in [3.05, 3.63) is 65.5 Å². The Hall–Kier alpha value is -3.35. The fraction of sp³-hybridized carbons (Fsp3) is 0.286. The summed E-state index contributed by atoms with van der Waals surface area (Å²) in [6.45, 7) is 3.56. The number of fused-ring (bicyclic) bond motifs is 1. The van der Waals surface area contributed by atoms with Gasteiger partial charge in [0, 0.05) is 17.2 Å². The van der Waals surface area contributed by atoms with E-state index < -0.39 is 24.3 Å². The molecule has 28 heavy (non-hydrogen) atoms. The normalized spacial score (nSPS) is 27.9. The molecule has 0 saturated carbocycles. The zero-order chi connectivity index (χ0) is 20.0. The molecule has 3 unspecified atom stereocenters. The Morgan fingerprint density at radius 3 is 2.57 bits per heavy atom. The molecule has 2 heterocycles. The number of likely N-dealkylation sites (tertiary alicyclic amines) is 1. The van der Waals surface area contributed by atoms with Crippen LogP contribution in [0, 0.1) is 5.92 Å². The summed E-state index contributed by atoms with van der Waals surface area (Å²) in [5.41, 5.74) is 2.36. The molecule has 1 N–H and O–H groups in total. The molecule has 1 fully saturated rings. The summed E-state index contributed by atoms with van der Waals surface area (Å²) >= 11 is 0. The highest BCUT2D eigenvalue weighted by Gasteiger charge is 2.48. The number of nitrogens with zero attached hydrogens (tertiary/aromatic N) is 2. The van der Waals surface area contributed by atoms with E-state index in [1.807, 2.05) is 43.3 Å². The van der Waals surface area contributed by atoms with Crippen molar-refractivity contribution < 1.29 is 24.2 Å². The van der Waals surface area contributed by atoms with Crippen molar-refractivity contribution in [2.45, 2.75) is 32.5 Å². The molecule has 0 aromatic heterocycles. The standard InChI is InChI=1S/C21H20N2O5/c1-12-13(2)20(22(18(12)24)14-7-4-3-5-8-14)28-11-16-15-9-6-10-17(15)23(19(16)25)21(26)27/h3-8,10-11,15,17,20H,9H2,1-2H3,(H,26,27)/b16-11+. The molecule has 1 aromatic rings. The van der Waals surface area contributed by atoms with Gasteiger partial charge in [0.05, 0.1) is 17.9 Å². The van der Waals surface area contributed by atoms with Crippen molar-refractivity contribution in [1.29, 1.82) is 0 Å². The van der Waals surface area contributed by atoms with Crippen LogP contribution in [-0.2, 0) is 14.3 Å². The number of benzene rings is 1. The summed E-state index contributed by atoms with van der Waals surface area (Å²) < 4.78 is 5.93. The number of carbonyl (C=O) groups excluding carboxylic acids is 2. The van der Waals surface area contributed by atoms with Gasteiger partial charge in [-0.05, 0) is 38.0 Å². The first kappa shape index (κ1) is 18.0. The fourth-order valence-electron chi connectivity index (χ4n) is 3.98. The minimum atomic E-state index is -1.27. The van der Waals surface area contributed by atoms with Crippen LogP contribution in [0.2, 0.25) is 0 Å². The first-order valence-electron chi connectivity index (χ1n) is 9.06. The monoisotopic (exact) mass is 380 g/mol.